The molecule has 3 aromatic rings. The molecule has 0 bridgehead atoms. The summed E-state index contributed by atoms with van der Waals surface area (Å²) in [6.45, 7) is 1.92. The van der Waals surface area contributed by atoms with Gasteiger partial charge in [0.15, 0.2) is 5.16 Å². The Labute approximate surface area is 155 Å². The molecule has 0 saturated heterocycles. The lowest BCUT2D eigenvalue weighted by atomic mass is 10.1. The van der Waals surface area contributed by atoms with Gasteiger partial charge in [-0.15, -0.1) is 10.2 Å². The largest absolute Gasteiger partial charge is 0.300 e. The fourth-order valence-corrected chi connectivity index (χ4v) is 4.54. The van der Waals surface area contributed by atoms with Crippen LogP contribution in [0.1, 0.15) is 31.2 Å². The van der Waals surface area contributed by atoms with Gasteiger partial charge in [0.2, 0.25) is 5.65 Å². The Morgan fingerprint density at radius 2 is 2.04 bits per heavy atom. The minimum atomic E-state index is -0.176. The van der Waals surface area contributed by atoms with Crippen LogP contribution in [0.25, 0.3) is 11.3 Å². The highest BCUT2D eigenvalue weighted by molar-refractivity contribution is 7.99. The maximum atomic E-state index is 12.8. The van der Waals surface area contributed by atoms with Gasteiger partial charge in [-0.05, 0) is 49.4 Å². The van der Waals surface area contributed by atoms with E-state index in [0.717, 1.165) is 28.1 Å². The van der Waals surface area contributed by atoms with Crippen molar-refractivity contribution >= 4 is 29.0 Å². The molecule has 2 aromatic heterocycles. The van der Waals surface area contributed by atoms with Crippen molar-refractivity contribution in [2.45, 2.75) is 37.8 Å². The SMILES string of the molecule is Cc1cc(-n2ccn3c(SCC4CCCC4)nnc3c2=O)ccc1Cl. The molecule has 1 aromatic carbocycles. The molecular formula is C18H19ClN4OS. The minimum absolute atomic E-state index is 0.176. The van der Waals surface area contributed by atoms with E-state index >= 15 is 0 Å². The van der Waals surface area contributed by atoms with Gasteiger partial charge in [-0.25, -0.2) is 0 Å². The van der Waals surface area contributed by atoms with Crippen LogP contribution >= 0.6 is 23.4 Å². The number of nitrogens with zero attached hydrogens (tertiary/aromatic N) is 4. The van der Waals surface area contributed by atoms with Crippen molar-refractivity contribution in [1.82, 2.24) is 19.2 Å². The van der Waals surface area contributed by atoms with Gasteiger partial charge >= 0.3 is 5.56 Å². The Morgan fingerprint density at radius 3 is 2.80 bits per heavy atom. The molecular weight excluding hydrogens is 356 g/mol. The van der Waals surface area contributed by atoms with Crippen LogP contribution in [0.3, 0.4) is 0 Å². The Bertz CT molecular complexity index is 975. The zero-order valence-corrected chi connectivity index (χ0v) is 15.6. The predicted octanol–water partition coefficient (Wildman–Crippen LogP) is 4.12. The van der Waals surface area contributed by atoms with Crippen LogP contribution < -0.4 is 5.56 Å². The van der Waals surface area contributed by atoms with Gasteiger partial charge in [0.25, 0.3) is 0 Å². The van der Waals surface area contributed by atoms with Crippen molar-refractivity contribution in [1.29, 1.82) is 0 Å². The summed E-state index contributed by atoms with van der Waals surface area (Å²) >= 11 is 7.77. The number of hydrogen-bond donors (Lipinski definition) is 0. The molecule has 5 nitrogen and oxygen atoms in total. The second-order valence-electron chi connectivity index (χ2n) is 6.54. The van der Waals surface area contributed by atoms with Crippen LogP contribution in [0.4, 0.5) is 0 Å². The van der Waals surface area contributed by atoms with E-state index in [9.17, 15) is 4.79 Å². The van der Waals surface area contributed by atoms with Crippen molar-refractivity contribution in [2.24, 2.45) is 5.92 Å². The molecule has 0 radical (unpaired) electrons. The van der Waals surface area contributed by atoms with Gasteiger partial charge in [-0.2, -0.15) is 0 Å². The van der Waals surface area contributed by atoms with Gasteiger partial charge in [0.05, 0.1) is 0 Å². The summed E-state index contributed by atoms with van der Waals surface area (Å²) < 4.78 is 3.37. The number of hydrogen-bond acceptors (Lipinski definition) is 4. The minimum Gasteiger partial charge on any atom is -0.280 e. The van der Waals surface area contributed by atoms with Crippen molar-refractivity contribution in [2.75, 3.05) is 5.75 Å². The number of aryl methyl sites for hydroxylation is 1. The zero-order chi connectivity index (χ0) is 17.4. The second-order valence-corrected chi connectivity index (χ2v) is 7.94. The molecule has 0 amide bonds. The lowest BCUT2D eigenvalue weighted by Crippen LogP contribution is -2.20. The monoisotopic (exact) mass is 374 g/mol. The van der Waals surface area contributed by atoms with Gasteiger partial charge in [0, 0.05) is 28.9 Å². The van der Waals surface area contributed by atoms with Crippen LogP contribution in [0, 0.1) is 12.8 Å². The summed E-state index contributed by atoms with van der Waals surface area (Å²) in [6.07, 6.45) is 8.88. The number of benzene rings is 1. The first-order chi connectivity index (χ1) is 12.1. The lowest BCUT2D eigenvalue weighted by molar-refractivity contribution is 0.622. The van der Waals surface area contributed by atoms with Crippen molar-refractivity contribution in [3.05, 3.63) is 51.5 Å². The highest BCUT2D eigenvalue weighted by atomic mass is 35.5. The average Bonchev–Trinajstić information content (AvgIpc) is 3.26. The highest BCUT2D eigenvalue weighted by Crippen LogP contribution is 2.30. The molecule has 1 aliphatic rings. The molecule has 1 aliphatic carbocycles. The van der Waals surface area contributed by atoms with E-state index in [4.69, 9.17) is 11.6 Å². The molecule has 2 heterocycles. The molecule has 1 saturated carbocycles. The highest BCUT2D eigenvalue weighted by Gasteiger charge is 2.18. The quantitative estimate of drug-likeness (QED) is 0.644. The van der Waals surface area contributed by atoms with Gasteiger partial charge < -0.3 is 0 Å². The molecule has 0 N–H and O–H groups in total. The van der Waals surface area contributed by atoms with E-state index in [1.807, 2.05) is 25.3 Å². The molecule has 0 aliphatic heterocycles. The second kappa shape index (κ2) is 6.84. The fraction of sp³-hybridized carbons (Fsp3) is 0.389. The topological polar surface area (TPSA) is 52.2 Å². The Balaban J connectivity index is 1.66. The normalized spacial score (nSPS) is 15.3. The maximum Gasteiger partial charge on any atom is 0.300 e. The summed E-state index contributed by atoms with van der Waals surface area (Å²) in [4.78, 5) is 12.8. The van der Waals surface area contributed by atoms with Crippen molar-refractivity contribution < 1.29 is 0 Å². The molecule has 0 unspecified atom stereocenters. The first-order valence-electron chi connectivity index (χ1n) is 8.49. The zero-order valence-electron chi connectivity index (χ0n) is 14.0. The Hall–Kier alpha value is -1.79. The molecule has 7 heteroatoms. The lowest BCUT2D eigenvalue weighted by Gasteiger charge is -2.09. The number of thioether (sulfide) groups is 1. The van der Waals surface area contributed by atoms with E-state index in [1.54, 1.807) is 33.0 Å². The fourth-order valence-electron chi connectivity index (χ4n) is 3.32. The standard InChI is InChI=1S/C18H19ClN4OS/c1-12-10-14(6-7-15(12)19)22-8-9-23-16(17(22)24)20-21-18(23)25-11-13-4-2-3-5-13/h6-10,13H,2-5,11H2,1H3. The van der Waals surface area contributed by atoms with Crippen LogP contribution in [-0.4, -0.2) is 24.9 Å². The third kappa shape index (κ3) is 3.20. The summed E-state index contributed by atoms with van der Waals surface area (Å²) in [5, 5.41) is 9.82. The first kappa shape index (κ1) is 16.7. The van der Waals surface area contributed by atoms with E-state index in [2.05, 4.69) is 10.2 Å². The predicted molar refractivity (Wildman–Crippen MR) is 101 cm³/mol. The first-order valence-corrected chi connectivity index (χ1v) is 9.85. The smallest absolute Gasteiger partial charge is 0.280 e. The van der Waals surface area contributed by atoms with Crippen molar-refractivity contribution in [3.8, 4) is 5.69 Å². The number of rotatable bonds is 4. The Kier molecular flexibility index (Phi) is 4.56. The van der Waals surface area contributed by atoms with Gasteiger partial charge in [-0.1, -0.05) is 36.2 Å². The van der Waals surface area contributed by atoms with Crippen LogP contribution in [0.15, 0.2) is 40.5 Å². The summed E-state index contributed by atoms with van der Waals surface area (Å²) in [5.41, 5.74) is 1.88. The Morgan fingerprint density at radius 1 is 1.24 bits per heavy atom. The van der Waals surface area contributed by atoms with E-state index in [-0.39, 0.29) is 5.56 Å². The van der Waals surface area contributed by atoms with Gasteiger partial charge in [0.1, 0.15) is 0 Å². The number of halogens is 1. The molecule has 1 fully saturated rings. The van der Waals surface area contributed by atoms with Crippen LogP contribution in [0.5, 0.6) is 0 Å². The molecule has 4 rings (SSSR count). The molecule has 25 heavy (non-hydrogen) atoms. The van der Waals surface area contributed by atoms with E-state index < -0.39 is 0 Å². The summed E-state index contributed by atoms with van der Waals surface area (Å²) in [6, 6.07) is 5.53. The molecule has 0 spiro atoms. The van der Waals surface area contributed by atoms with Gasteiger partial charge in [-0.3, -0.25) is 13.8 Å². The van der Waals surface area contributed by atoms with E-state index in [0.29, 0.717) is 10.7 Å². The van der Waals surface area contributed by atoms with E-state index in [1.165, 1.54) is 25.7 Å². The molecule has 0 atom stereocenters. The number of aromatic nitrogens is 4. The van der Waals surface area contributed by atoms with Crippen molar-refractivity contribution in [3.63, 3.8) is 0 Å². The summed E-state index contributed by atoms with van der Waals surface area (Å²) in [5.74, 6) is 1.80. The molecule has 130 valence electrons. The summed E-state index contributed by atoms with van der Waals surface area (Å²) in [7, 11) is 0. The average molecular weight is 375 g/mol. The van der Waals surface area contributed by atoms with Crippen LogP contribution in [0.2, 0.25) is 5.02 Å². The third-order valence-electron chi connectivity index (χ3n) is 4.78. The number of fused-ring (bicyclic) bond motifs is 1. The third-order valence-corrected chi connectivity index (χ3v) is 6.38. The maximum absolute atomic E-state index is 12.8. The van der Waals surface area contributed by atoms with Crippen LogP contribution in [-0.2, 0) is 0 Å².